The number of piperidine rings is 2. The van der Waals surface area contributed by atoms with Crippen LogP contribution in [-0.2, 0) is 9.59 Å². The van der Waals surface area contributed by atoms with Crippen LogP contribution in [0.1, 0.15) is 64.7 Å². The van der Waals surface area contributed by atoms with Gasteiger partial charge in [0.2, 0.25) is 11.8 Å². The van der Waals surface area contributed by atoms with Gasteiger partial charge >= 0.3 is 0 Å². The lowest BCUT2D eigenvalue weighted by atomic mass is 9.81. The fourth-order valence-electron chi connectivity index (χ4n) is 5.76. The van der Waals surface area contributed by atoms with Crippen LogP contribution in [0.25, 0.3) is 0 Å². The van der Waals surface area contributed by atoms with Crippen molar-refractivity contribution in [2.45, 2.75) is 82.8 Å². The molecule has 0 radical (unpaired) electrons. The zero-order valence-corrected chi connectivity index (χ0v) is 15.7. The first-order valence-corrected chi connectivity index (χ1v) is 10.5. The molecule has 4 saturated heterocycles. The van der Waals surface area contributed by atoms with Gasteiger partial charge in [-0.1, -0.05) is 6.42 Å². The van der Waals surface area contributed by atoms with Gasteiger partial charge < -0.3 is 14.7 Å². The summed E-state index contributed by atoms with van der Waals surface area (Å²) in [5, 5.41) is 0. The minimum Gasteiger partial charge on any atom is -0.336 e. The second-order valence-corrected chi connectivity index (χ2v) is 8.59. The van der Waals surface area contributed by atoms with Crippen LogP contribution in [0.4, 0.5) is 0 Å². The summed E-state index contributed by atoms with van der Waals surface area (Å²) in [6.07, 6.45) is 10.3. The highest BCUT2D eigenvalue weighted by Crippen LogP contribution is 2.34. The van der Waals surface area contributed by atoms with E-state index in [0.717, 1.165) is 32.4 Å². The van der Waals surface area contributed by atoms with E-state index in [1.165, 1.54) is 45.2 Å². The second-order valence-electron chi connectivity index (χ2n) is 8.59. The Morgan fingerprint density at radius 1 is 1.04 bits per heavy atom. The number of rotatable bonds is 3. The Labute approximate surface area is 151 Å². The molecule has 0 aromatic carbocycles. The van der Waals surface area contributed by atoms with E-state index in [1.54, 1.807) is 0 Å². The van der Waals surface area contributed by atoms with E-state index in [4.69, 9.17) is 0 Å². The van der Waals surface area contributed by atoms with Crippen molar-refractivity contribution in [3.8, 4) is 0 Å². The van der Waals surface area contributed by atoms with Crippen LogP contribution < -0.4 is 0 Å². The number of amides is 2. The summed E-state index contributed by atoms with van der Waals surface area (Å²) in [5.41, 5.74) is 0. The zero-order chi connectivity index (χ0) is 17.4. The van der Waals surface area contributed by atoms with Gasteiger partial charge in [0.25, 0.3) is 0 Å². The highest BCUT2D eigenvalue weighted by molar-refractivity contribution is 5.89. The van der Waals surface area contributed by atoms with Crippen LogP contribution >= 0.6 is 0 Å². The van der Waals surface area contributed by atoms with Gasteiger partial charge in [-0.05, 0) is 70.9 Å². The molecule has 4 fully saturated rings. The number of carbonyl (C=O) groups excluding carboxylic acids is 2. The third-order valence-electron chi connectivity index (χ3n) is 7.17. The van der Waals surface area contributed by atoms with E-state index in [9.17, 15) is 9.59 Å². The van der Waals surface area contributed by atoms with Crippen molar-refractivity contribution in [2.24, 2.45) is 5.92 Å². The highest BCUT2D eigenvalue weighted by Gasteiger charge is 2.42. The summed E-state index contributed by atoms with van der Waals surface area (Å²) in [5.74, 6) is 1.05. The summed E-state index contributed by atoms with van der Waals surface area (Å²) in [7, 11) is 0. The number of carbonyl (C=O) groups is 2. The number of hydrogen-bond acceptors (Lipinski definition) is 3. The molecule has 2 amide bonds. The quantitative estimate of drug-likeness (QED) is 0.786. The first kappa shape index (κ1) is 17.3. The van der Waals surface area contributed by atoms with Gasteiger partial charge in [-0.2, -0.15) is 0 Å². The topological polar surface area (TPSA) is 43.9 Å². The lowest BCUT2D eigenvalue weighted by Crippen LogP contribution is -2.60. The van der Waals surface area contributed by atoms with E-state index in [0.29, 0.717) is 18.4 Å². The molecule has 0 aromatic heterocycles. The maximum absolute atomic E-state index is 12.9. The summed E-state index contributed by atoms with van der Waals surface area (Å²) >= 11 is 0. The molecule has 4 rings (SSSR count). The van der Waals surface area contributed by atoms with Crippen LogP contribution in [0.15, 0.2) is 0 Å². The fraction of sp³-hybridized carbons (Fsp3) is 0.900. The molecule has 4 aliphatic heterocycles. The Bertz CT molecular complexity index is 521. The van der Waals surface area contributed by atoms with Gasteiger partial charge in [0.05, 0.1) is 0 Å². The smallest absolute Gasteiger partial charge is 0.245 e. The molecule has 4 aliphatic rings. The second kappa shape index (κ2) is 7.26. The van der Waals surface area contributed by atoms with Gasteiger partial charge in [-0.25, -0.2) is 0 Å². The normalized spacial score (nSPS) is 36.3. The summed E-state index contributed by atoms with van der Waals surface area (Å²) in [6, 6.07) is 0.719. The number of nitrogens with zero attached hydrogens (tertiary/aromatic N) is 3. The predicted octanol–water partition coefficient (Wildman–Crippen LogP) is 2.25. The average Bonchev–Trinajstić information content (AvgIpc) is 3.11. The maximum atomic E-state index is 12.9. The van der Waals surface area contributed by atoms with Gasteiger partial charge in [0.1, 0.15) is 6.04 Å². The minimum atomic E-state index is -0.264. The summed E-state index contributed by atoms with van der Waals surface area (Å²) in [6.45, 7) is 6.06. The lowest BCUT2D eigenvalue weighted by Gasteiger charge is -2.45. The molecule has 5 nitrogen and oxygen atoms in total. The third kappa shape index (κ3) is 3.32. The molecular weight excluding hydrogens is 314 g/mol. The Balaban J connectivity index is 1.34. The number of hydrogen-bond donors (Lipinski definition) is 0. The van der Waals surface area contributed by atoms with Crippen molar-refractivity contribution in [3.05, 3.63) is 0 Å². The van der Waals surface area contributed by atoms with Gasteiger partial charge in [-0.15, -0.1) is 0 Å². The first-order chi connectivity index (χ1) is 12.1. The third-order valence-corrected chi connectivity index (χ3v) is 7.17. The van der Waals surface area contributed by atoms with E-state index in [2.05, 4.69) is 4.90 Å². The highest BCUT2D eigenvalue weighted by atomic mass is 16.2. The standard InChI is InChI=1S/C20H33N3O2/c1-15-20(25)22-13-5-7-17(22)14-23(15)19(24)10-9-16-6-4-12-21-11-3-2-8-18(16)21/h15-18H,2-14H2,1H3/t15-,16+,17-,18-/m1/s1. The predicted molar refractivity (Wildman–Crippen MR) is 97.1 cm³/mol. The molecule has 0 aromatic rings. The molecule has 0 bridgehead atoms. The monoisotopic (exact) mass is 347 g/mol. The molecule has 140 valence electrons. The summed E-state index contributed by atoms with van der Waals surface area (Å²) in [4.78, 5) is 32.0. The van der Waals surface area contributed by atoms with Crippen LogP contribution in [0.5, 0.6) is 0 Å². The Morgan fingerprint density at radius 2 is 1.84 bits per heavy atom. The zero-order valence-electron chi connectivity index (χ0n) is 15.7. The number of fused-ring (bicyclic) bond motifs is 2. The molecule has 0 aliphatic carbocycles. The van der Waals surface area contributed by atoms with Gasteiger partial charge in [0.15, 0.2) is 0 Å². The molecule has 4 heterocycles. The van der Waals surface area contributed by atoms with Crippen LogP contribution in [0.3, 0.4) is 0 Å². The SMILES string of the molecule is C[C@@H]1C(=O)N2CCC[C@@H]2CN1C(=O)CC[C@@H]1CCCN2CCCC[C@H]12. The van der Waals surface area contributed by atoms with Crippen molar-refractivity contribution >= 4 is 11.8 Å². The van der Waals surface area contributed by atoms with E-state index in [-0.39, 0.29) is 23.9 Å². The largest absolute Gasteiger partial charge is 0.336 e. The lowest BCUT2D eigenvalue weighted by molar-refractivity contribution is -0.152. The van der Waals surface area contributed by atoms with Gasteiger partial charge in [0, 0.05) is 31.6 Å². The molecule has 0 N–H and O–H groups in total. The Morgan fingerprint density at radius 3 is 2.72 bits per heavy atom. The van der Waals surface area contributed by atoms with Crippen molar-refractivity contribution in [1.29, 1.82) is 0 Å². The molecule has 5 heteroatoms. The van der Waals surface area contributed by atoms with Gasteiger partial charge in [-0.3, -0.25) is 9.59 Å². The molecule has 4 atom stereocenters. The van der Waals surface area contributed by atoms with E-state index < -0.39 is 0 Å². The van der Waals surface area contributed by atoms with E-state index in [1.807, 2.05) is 16.7 Å². The van der Waals surface area contributed by atoms with Crippen molar-refractivity contribution in [2.75, 3.05) is 26.2 Å². The summed E-state index contributed by atoms with van der Waals surface area (Å²) < 4.78 is 0. The van der Waals surface area contributed by atoms with Crippen molar-refractivity contribution in [1.82, 2.24) is 14.7 Å². The fourth-order valence-corrected chi connectivity index (χ4v) is 5.76. The van der Waals surface area contributed by atoms with Crippen molar-refractivity contribution < 1.29 is 9.59 Å². The maximum Gasteiger partial charge on any atom is 0.245 e. The van der Waals surface area contributed by atoms with Crippen LogP contribution in [-0.4, -0.2) is 70.8 Å². The van der Waals surface area contributed by atoms with Crippen molar-refractivity contribution in [3.63, 3.8) is 0 Å². The average molecular weight is 348 g/mol. The molecule has 0 spiro atoms. The molecule has 0 unspecified atom stereocenters. The van der Waals surface area contributed by atoms with Crippen LogP contribution in [0.2, 0.25) is 0 Å². The number of piperazine rings is 1. The molecular formula is C20H33N3O2. The van der Waals surface area contributed by atoms with E-state index >= 15 is 0 Å². The van der Waals surface area contributed by atoms with Crippen LogP contribution in [0, 0.1) is 5.92 Å². The molecule has 25 heavy (non-hydrogen) atoms. The Kier molecular flexibility index (Phi) is 5.03. The Hall–Kier alpha value is -1.10. The molecule has 0 saturated carbocycles. The first-order valence-electron chi connectivity index (χ1n) is 10.5. The minimum absolute atomic E-state index is 0.165.